The largest absolute Gasteiger partial charge is 0.310 e. The summed E-state index contributed by atoms with van der Waals surface area (Å²) < 4.78 is 0. The molecular weight excluding hydrogens is 212 g/mol. The molecule has 2 rings (SSSR count). The van der Waals surface area contributed by atoms with Crippen molar-refractivity contribution in [2.45, 2.75) is 12.6 Å². The first-order valence-corrected chi connectivity index (χ1v) is 6.24. The molecule has 1 atom stereocenters. The Morgan fingerprint density at radius 3 is 3.12 bits per heavy atom. The number of nitrogens with one attached hydrogen (secondary N) is 1. The van der Waals surface area contributed by atoms with Crippen LogP contribution in [-0.4, -0.2) is 61.1 Å². The van der Waals surface area contributed by atoms with Gasteiger partial charge >= 0.3 is 0 Å². The van der Waals surface area contributed by atoms with E-state index in [1.165, 1.54) is 0 Å². The Bertz CT molecular complexity index is 327. The molecule has 0 aliphatic carbocycles. The summed E-state index contributed by atoms with van der Waals surface area (Å²) in [5, 5.41) is 3.56. The number of likely N-dealkylation sites (N-methyl/N-ethyl adjacent to an activating group) is 2. The Labute approximate surface area is 104 Å². The minimum absolute atomic E-state index is 0.572. The number of pyridine rings is 1. The third kappa shape index (κ3) is 4.07. The maximum atomic E-state index is 4.35. The highest BCUT2D eigenvalue weighted by molar-refractivity contribution is 5.03. The van der Waals surface area contributed by atoms with Crippen molar-refractivity contribution < 1.29 is 0 Å². The SMILES string of the molecule is CN1CCNC(CN(C)Cc2ccccn2)C1. The Kier molecular flexibility index (Phi) is 4.48. The third-order valence-electron chi connectivity index (χ3n) is 3.15. The van der Waals surface area contributed by atoms with Crippen molar-refractivity contribution in [1.29, 1.82) is 0 Å². The van der Waals surface area contributed by atoms with E-state index in [9.17, 15) is 0 Å². The molecule has 1 N–H and O–H groups in total. The summed E-state index contributed by atoms with van der Waals surface area (Å²) in [4.78, 5) is 9.07. The van der Waals surface area contributed by atoms with E-state index in [1.54, 1.807) is 0 Å². The molecule has 1 aromatic rings. The van der Waals surface area contributed by atoms with E-state index in [1.807, 2.05) is 18.3 Å². The van der Waals surface area contributed by atoms with E-state index >= 15 is 0 Å². The zero-order valence-corrected chi connectivity index (χ0v) is 10.8. The fourth-order valence-corrected chi connectivity index (χ4v) is 2.32. The smallest absolute Gasteiger partial charge is 0.0543 e. The number of hydrogen-bond donors (Lipinski definition) is 1. The first-order valence-electron chi connectivity index (χ1n) is 6.24. The lowest BCUT2D eigenvalue weighted by Crippen LogP contribution is -2.53. The van der Waals surface area contributed by atoms with Crippen molar-refractivity contribution in [3.63, 3.8) is 0 Å². The average molecular weight is 234 g/mol. The molecule has 0 radical (unpaired) electrons. The van der Waals surface area contributed by atoms with E-state index in [0.717, 1.165) is 38.4 Å². The van der Waals surface area contributed by atoms with Gasteiger partial charge in [0.1, 0.15) is 0 Å². The van der Waals surface area contributed by atoms with E-state index in [-0.39, 0.29) is 0 Å². The number of aromatic nitrogens is 1. The van der Waals surface area contributed by atoms with Gasteiger partial charge in [-0.2, -0.15) is 0 Å². The molecule has 0 amide bonds. The molecule has 0 saturated carbocycles. The van der Waals surface area contributed by atoms with Gasteiger partial charge in [0, 0.05) is 45.0 Å². The normalized spacial score (nSPS) is 21.9. The molecule has 4 nitrogen and oxygen atoms in total. The van der Waals surface area contributed by atoms with Crippen LogP contribution in [0.2, 0.25) is 0 Å². The van der Waals surface area contributed by atoms with Crippen LogP contribution in [0.4, 0.5) is 0 Å². The van der Waals surface area contributed by atoms with Gasteiger partial charge in [0.15, 0.2) is 0 Å². The van der Waals surface area contributed by atoms with Crippen LogP contribution in [0, 0.1) is 0 Å². The van der Waals surface area contributed by atoms with Crippen LogP contribution < -0.4 is 5.32 Å². The second-order valence-corrected chi connectivity index (χ2v) is 4.93. The molecule has 1 aliphatic heterocycles. The lowest BCUT2D eigenvalue weighted by molar-refractivity contribution is 0.192. The minimum atomic E-state index is 0.572. The highest BCUT2D eigenvalue weighted by Gasteiger charge is 2.17. The molecular formula is C13H22N4. The van der Waals surface area contributed by atoms with Crippen LogP contribution in [-0.2, 0) is 6.54 Å². The average Bonchev–Trinajstić information content (AvgIpc) is 2.30. The molecule has 94 valence electrons. The van der Waals surface area contributed by atoms with Crippen LogP contribution in [0.1, 0.15) is 5.69 Å². The van der Waals surface area contributed by atoms with Gasteiger partial charge in [0.05, 0.1) is 5.69 Å². The highest BCUT2D eigenvalue weighted by Crippen LogP contribution is 2.02. The van der Waals surface area contributed by atoms with E-state index < -0.39 is 0 Å². The van der Waals surface area contributed by atoms with E-state index in [2.05, 4.69) is 40.3 Å². The summed E-state index contributed by atoms with van der Waals surface area (Å²) >= 11 is 0. The predicted molar refractivity (Wildman–Crippen MR) is 69.9 cm³/mol. The van der Waals surface area contributed by atoms with E-state index in [0.29, 0.717) is 6.04 Å². The van der Waals surface area contributed by atoms with Gasteiger partial charge in [0.25, 0.3) is 0 Å². The Balaban J connectivity index is 1.79. The van der Waals surface area contributed by atoms with Gasteiger partial charge in [-0.3, -0.25) is 9.88 Å². The maximum Gasteiger partial charge on any atom is 0.0543 e. The van der Waals surface area contributed by atoms with Crippen molar-refractivity contribution in [2.24, 2.45) is 0 Å². The molecule has 1 aliphatic rings. The first kappa shape index (κ1) is 12.5. The minimum Gasteiger partial charge on any atom is -0.310 e. The quantitative estimate of drug-likeness (QED) is 0.818. The molecule has 4 heteroatoms. The van der Waals surface area contributed by atoms with Crippen molar-refractivity contribution in [1.82, 2.24) is 20.1 Å². The van der Waals surface area contributed by atoms with Crippen molar-refractivity contribution >= 4 is 0 Å². The standard InChI is InChI=1S/C13H22N4/c1-16-8-7-15-13(10-16)11-17(2)9-12-5-3-4-6-14-12/h3-6,13,15H,7-11H2,1-2H3. The Morgan fingerprint density at radius 1 is 1.53 bits per heavy atom. The predicted octanol–water partition coefficient (Wildman–Crippen LogP) is 0.417. The second kappa shape index (κ2) is 6.10. The van der Waals surface area contributed by atoms with Crippen LogP contribution in [0.5, 0.6) is 0 Å². The summed E-state index contributed by atoms with van der Waals surface area (Å²) in [6, 6.07) is 6.66. The monoisotopic (exact) mass is 234 g/mol. The number of hydrogen-bond acceptors (Lipinski definition) is 4. The lowest BCUT2D eigenvalue weighted by Gasteiger charge is -2.33. The molecule has 0 spiro atoms. The van der Waals surface area contributed by atoms with Gasteiger partial charge in [-0.05, 0) is 26.2 Å². The summed E-state index contributed by atoms with van der Waals surface area (Å²) in [6.07, 6.45) is 1.86. The summed E-state index contributed by atoms with van der Waals surface area (Å²) in [7, 11) is 4.34. The first-order chi connectivity index (χ1) is 8.24. The molecule has 1 unspecified atom stereocenters. The van der Waals surface area contributed by atoms with Crippen LogP contribution in [0.3, 0.4) is 0 Å². The van der Waals surface area contributed by atoms with Crippen LogP contribution in [0.25, 0.3) is 0 Å². The van der Waals surface area contributed by atoms with Crippen molar-refractivity contribution in [3.8, 4) is 0 Å². The molecule has 0 bridgehead atoms. The molecule has 17 heavy (non-hydrogen) atoms. The zero-order valence-electron chi connectivity index (χ0n) is 10.8. The molecule has 1 fully saturated rings. The summed E-state index contributed by atoms with van der Waals surface area (Å²) in [5.74, 6) is 0. The topological polar surface area (TPSA) is 31.4 Å². The van der Waals surface area contributed by atoms with E-state index in [4.69, 9.17) is 0 Å². The maximum absolute atomic E-state index is 4.35. The van der Waals surface area contributed by atoms with Crippen molar-refractivity contribution in [3.05, 3.63) is 30.1 Å². The van der Waals surface area contributed by atoms with Crippen LogP contribution >= 0.6 is 0 Å². The number of rotatable bonds is 4. The Hall–Kier alpha value is -0.970. The van der Waals surface area contributed by atoms with Gasteiger partial charge in [-0.15, -0.1) is 0 Å². The second-order valence-electron chi connectivity index (χ2n) is 4.93. The summed E-state index contributed by atoms with van der Waals surface area (Å²) in [5.41, 5.74) is 1.14. The highest BCUT2D eigenvalue weighted by atomic mass is 15.2. The number of piperazine rings is 1. The molecule has 2 heterocycles. The fraction of sp³-hybridized carbons (Fsp3) is 0.615. The van der Waals surface area contributed by atoms with Gasteiger partial charge < -0.3 is 10.2 Å². The number of nitrogens with zero attached hydrogens (tertiary/aromatic N) is 3. The Morgan fingerprint density at radius 2 is 2.41 bits per heavy atom. The third-order valence-corrected chi connectivity index (χ3v) is 3.15. The lowest BCUT2D eigenvalue weighted by atomic mass is 10.2. The fourth-order valence-electron chi connectivity index (χ4n) is 2.32. The van der Waals surface area contributed by atoms with Crippen molar-refractivity contribution in [2.75, 3.05) is 40.3 Å². The molecule has 1 aromatic heterocycles. The van der Waals surface area contributed by atoms with Gasteiger partial charge in [-0.1, -0.05) is 6.07 Å². The molecule has 1 saturated heterocycles. The van der Waals surface area contributed by atoms with Gasteiger partial charge in [-0.25, -0.2) is 0 Å². The molecule has 0 aromatic carbocycles. The van der Waals surface area contributed by atoms with Crippen LogP contribution in [0.15, 0.2) is 24.4 Å². The summed E-state index contributed by atoms with van der Waals surface area (Å²) in [6.45, 7) is 5.37. The van der Waals surface area contributed by atoms with Gasteiger partial charge in [0.2, 0.25) is 0 Å². The zero-order chi connectivity index (χ0) is 12.1.